The number of hydrogen-bond donors (Lipinski definition) is 0. The second kappa shape index (κ2) is 5.23. The van der Waals surface area contributed by atoms with Crippen LogP contribution in [0.2, 0.25) is 0 Å². The molecule has 0 radical (unpaired) electrons. The van der Waals surface area contributed by atoms with Crippen LogP contribution >= 0.6 is 11.6 Å². The number of methoxy groups -OCH3 is 1. The maximum absolute atomic E-state index is 5.72. The zero-order chi connectivity index (χ0) is 10.6. The van der Waals surface area contributed by atoms with Crippen molar-refractivity contribution in [2.75, 3.05) is 20.2 Å². The summed E-state index contributed by atoms with van der Waals surface area (Å²) in [5.41, 5.74) is 2.42. The highest BCUT2D eigenvalue weighted by Crippen LogP contribution is 2.20. The van der Waals surface area contributed by atoms with Crippen LogP contribution in [0.4, 0.5) is 0 Å². The van der Waals surface area contributed by atoms with Gasteiger partial charge in [0.1, 0.15) is 5.75 Å². The Morgan fingerprint density at radius 1 is 1.43 bits per heavy atom. The van der Waals surface area contributed by atoms with Crippen LogP contribution in [0.3, 0.4) is 0 Å². The highest BCUT2D eigenvalue weighted by Gasteiger charge is 2.05. The van der Waals surface area contributed by atoms with Gasteiger partial charge in [0.25, 0.3) is 0 Å². The Morgan fingerprint density at radius 2 is 2.14 bits per heavy atom. The maximum atomic E-state index is 5.72. The Kier molecular flexibility index (Phi) is 4.23. The molecule has 0 fully saturated rings. The van der Waals surface area contributed by atoms with E-state index in [1.54, 1.807) is 7.11 Å². The standard InChI is InChI=1S/C11H16ClNO/c1-9-4-5-11(14-3)10(6-9)7-13(2)8-12/h4-6H,7-8H2,1-3H3. The summed E-state index contributed by atoms with van der Waals surface area (Å²) in [5.74, 6) is 0.924. The van der Waals surface area contributed by atoms with E-state index in [0.29, 0.717) is 6.00 Å². The molecule has 0 atom stereocenters. The van der Waals surface area contributed by atoms with E-state index in [4.69, 9.17) is 16.3 Å². The first-order chi connectivity index (χ1) is 6.67. The van der Waals surface area contributed by atoms with E-state index in [2.05, 4.69) is 13.0 Å². The van der Waals surface area contributed by atoms with Gasteiger partial charge in [-0.2, -0.15) is 0 Å². The quantitative estimate of drug-likeness (QED) is 0.563. The molecule has 0 bridgehead atoms. The van der Waals surface area contributed by atoms with Crippen molar-refractivity contribution < 1.29 is 4.74 Å². The fourth-order valence-electron chi connectivity index (χ4n) is 1.36. The van der Waals surface area contributed by atoms with E-state index in [1.807, 2.05) is 24.1 Å². The fraction of sp³-hybridized carbons (Fsp3) is 0.455. The summed E-state index contributed by atoms with van der Waals surface area (Å²) in [6, 6.07) is 6.69. The predicted molar refractivity (Wildman–Crippen MR) is 59.9 cm³/mol. The minimum atomic E-state index is 0.525. The van der Waals surface area contributed by atoms with E-state index in [0.717, 1.165) is 12.3 Å². The van der Waals surface area contributed by atoms with E-state index in [1.165, 1.54) is 11.1 Å². The molecule has 0 unspecified atom stereocenters. The van der Waals surface area contributed by atoms with Crippen LogP contribution in [-0.2, 0) is 6.54 Å². The van der Waals surface area contributed by atoms with Gasteiger partial charge in [0.2, 0.25) is 0 Å². The van der Waals surface area contributed by atoms with Gasteiger partial charge in [0.15, 0.2) is 0 Å². The molecule has 2 nitrogen and oxygen atoms in total. The molecule has 0 spiro atoms. The van der Waals surface area contributed by atoms with Crippen molar-refractivity contribution in [2.45, 2.75) is 13.5 Å². The first kappa shape index (κ1) is 11.3. The summed E-state index contributed by atoms with van der Waals surface area (Å²) < 4.78 is 5.28. The van der Waals surface area contributed by atoms with Crippen LogP contribution in [-0.4, -0.2) is 25.1 Å². The molecule has 0 aliphatic rings. The molecule has 0 N–H and O–H groups in total. The number of halogens is 1. The zero-order valence-corrected chi connectivity index (χ0v) is 9.64. The topological polar surface area (TPSA) is 12.5 Å². The average molecular weight is 214 g/mol. The fourth-order valence-corrected chi connectivity index (χ4v) is 1.45. The first-order valence-corrected chi connectivity index (χ1v) is 5.09. The minimum absolute atomic E-state index is 0.525. The summed E-state index contributed by atoms with van der Waals surface area (Å²) in [6.45, 7) is 2.89. The van der Waals surface area contributed by atoms with Gasteiger partial charge in [-0.3, -0.25) is 4.90 Å². The number of benzene rings is 1. The van der Waals surface area contributed by atoms with Crippen LogP contribution in [0.1, 0.15) is 11.1 Å². The van der Waals surface area contributed by atoms with Crippen molar-refractivity contribution in [1.82, 2.24) is 4.90 Å². The number of ether oxygens (including phenoxy) is 1. The van der Waals surface area contributed by atoms with Crippen molar-refractivity contribution in [1.29, 1.82) is 0 Å². The van der Waals surface area contributed by atoms with Gasteiger partial charge < -0.3 is 4.74 Å². The lowest BCUT2D eigenvalue weighted by Crippen LogP contribution is -2.16. The Bertz CT molecular complexity index is 301. The molecule has 0 amide bonds. The third-order valence-corrected chi connectivity index (χ3v) is 2.49. The van der Waals surface area contributed by atoms with E-state index in [9.17, 15) is 0 Å². The highest BCUT2D eigenvalue weighted by atomic mass is 35.5. The Balaban J connectivity index is 2.87. The Labute approximate surface area is 90.4 Å². The molecule has 0 aliphatic carbocycles. The molecule has 14 heavy (non-hydrogen) atoms. The number of aryl methyl sites for hydroxylation is 1. The normalized spacial score (nSPS) is 10.6. The third kappa shape index (κ3) is 2.89. The maximum Gasteiger partial charge on any atom is 0.123 e. The molecule has 3 heteroatoms. The van der Waals surface area contributed by atoms with Crippen LogP contribution in [0, 0.1) is 6.92 Å². The second-order valence-electron chi connectivity index (χ2n) is 3.45. The van der Waals surface area contributed by atoms with Gasteiger partial charge in [0.05, 0.1) is 13.1 Å². The molecular weight excluding hydrogens is 198 g/mol. The largest absolute Gasteiger partial charge is 0.496 e. The molecule has 0 saturated carbocycles. The molecule has 1 aromatic carbocycles. The SMILES string of the molecule is COc1ccc(C)cc1CN(C)CCl. The molecule has 0 heterocycles. The third-order valence-electron chi connectivity index (χ3n) is 2.08. The van der Waals surface area contributed by atoms with Crippen LogP contribution in [0.15, 0.2) is 18.2 Å². The first-order valence-electron chi connectivity index (χ1n) is 4.55. The average Bonchev–Trinajstić information content (AvgIpc) is 2.18. The smallest absolute Gasteiger partial charge is 0.123 e. The van der Waals surface area contributed by atoms with Crippen molar-refractivity contribution in [3.63, 3.8) is 0 Å². The van der Waals surface area contributed by atoms with Crippen molar-refractivity contribution >= 4 is 11.6 Å². The van der Waals surface area contributed by atoms with Crippen LogP contribution < -0.4 is 4.74 Å². The lowest BCUT2D eigenvalue weighted by molar-refractivity contribution is 0.360. The summed E-state index contributed by atoms with van der Waals surface area (Å²) in [4.78, 5) is 2.03. The van der Waals surface area contributed by atoms with Crippen molar-refractivity contribution in [3.8, 4) is 5.75 Å². The summed E-state index contributed by atoms with van der Waals surface area (Å²) in [6.07, 6.45) is 0. The van der Waals surface area contributed by atoms with Gasteiger partial charge in [-0.15, -0.1) is 11.6 Å². The molecule has 1 rings (SSSR count). The molecule has 0 saturated heterocycles. The van der Waals surface area contributed by atoms with Gasteiger partial charge in [-0.05, 0) is 20.0 Å². The number of alkyl halides is 1. The number of rotatable bonds is 4. The number of nitrogens with zero attached hydrogens (tertiary/aromatic N) is 1. The molecule has 0 aromatic heterocycles. The molecule has 0 aliphatic heterocycles. The number of hydrogen-bond acceptors (Lipinski definition) is 2. The lowest BCUT2D eigenvalue weighted by Gasteiger charge is -2.15. The summed E-state index contributed by atoms with van der Waals surface area (Å²) >= 11 is 5.72. The van der Waals surface area contributed by atoms with Crippen LogP contribution in [0.25, 0.3) is 0 Å². The Hall–Kier alpha value is -0.730. The van der Waals surface area contributed by atoms with E-state index >= 15 is 0 Å². The molecule has 1 aromatic rings. The summed E-state index contributed by atoms with van der Waals surface area (Å²) in [7, 11) is 3.67. The molecular formula is C11H16ClNO. The van der Waals surface area contributed by atoms with E-state index in [-0.39, 0.29) is 0 Å². The second-order valence-corrected chi connectivity index (χ2v) is 3.69. The molecule has 78 valence electrons. The monoisotopic (exact) mass is 213 g/mol. The summed E-state index contributed by atoms with van der Waals surface area (Å²) in [5, 5.41) is 0. The van der Waals surface area contributed by atoms with Gasteiger partial charge in [0, 0.05) is 12.1 Å². The van der Waals surface area contributed by atoms with Crippen molar-refractivity contribution in [2.24, 2.45) is 0 Å². The van der Waals surface area contributed by atoms with E-state index < -0.39 is 0 Å². The predicted octanol–water partition coefficient (Wildman–Crippen LogP) is 2.63. The lowest BCUT2D eigenvalue weighted by atomic mass is 10.1. The Morgan fingerprint density at radius 3 is 2.71 bits per heavy atom. The van der Waals surface area contributed by atoms with Gasteiger partial charge in [-0.25, -0.2) is 0 Å². The van der Waals surface area contributed by atoms with Gasteiger partial charge in [-0.1, -0.05) is 17.7 Å². The van der Waals surface area contributed by atoms with Crippen LogP contribution in [0.5, 0.6) is 5.75 Å². The minimum Gasteiger partial charge on any atom is -0.496 e. The van der Waals surface area contributed by atoms with Crippen molar-refractivity contribution in [3.05, 3.63) is 29.3 Å². The highest BCUT2D eigenvalue weighted by molar-refractivity contribution is 6.17. The zero-order valence-electron chi connectivity index (χ0n) is 8.88. The van der Waals surface area contributed by atoms with Gasteiger partial charge >= 0.3 is 0 Å².